The van der Waals surface area contributed by atoms with Gasteiger partial charge >= 0.3 is 0 Å². The lowest BCUT2D eigenvalue weighted by Crippen LogP contribution is -2.19. The van der Waals surface area contributed by atoms with Crippen LogP contribution in [0.2, 0.25) is 5.02 Å². The number of halogens is 2. The van der Waals surface area contributed by atoms with Crippen molar-refractivity contribution in [2.75, 3.05) is 5.75 Å². The van der Waals surface area contributed by atoms with Crippen molar-refractivity contribution in [2.24, 2.45) is 5.10 Å². The molecular formula is C22H20ClIN4O2S. The van der Waals surface area contributed by atoms with Crippen molar-refractivity contribution in [1.82, 2.24) is 15.4 Å². The Morgan fingerprint density at radius 1 is 1.19 bits per heavy atom. The molecule has 0 atom stereocenters. The van der Waals surface area contributed by atoms with Crippen LogP contribution in [0.25, 0.3) is 0 Å². The smallest absolute Gasteiger partial charge is 0.250 e. The molecule has 0 aliphatic heterocycles. The number of ether oxygens (including phenoxy) is 1. The lowest BCUT2D eigenvalue weighted by Gasteiger charge is -2.10. The van der Waals surface area contributed by atoms with Crippen LogP contribution in [0, 0.1) is 17.4 Å². The third-order valence-electron chi connectivity index (χ3n) is 3.99. The van der Waals surface area contributed by atoms with E-state index < -0.39 is 0 Å². The van der Waals surface area contributed by atoms with Crippen molar-refractivity contribution in [1.29, 1.82) is 0 Å². The van der Waals surface area contributed by atoms with Gasteiger partial charge in [-0.05, 0) is 72.3 Å². The van der Waals surface area contributed by atoms with E-state index in [-0.39, 0.29) is 11.7 Å². The highest BCUT2D eigenvalue weighted by molar-refractivity contribution is 14.1. The zero-order valence-corrected chi connectivity index (χ0v) is 20.7. The maximum atomic E-state index is 12.0. The molecule has 0 aliphatic rings. The van der Waals surface area contributed by atoms with Crippen LogP contribution in [-0.2, 0) is 11.4 Å². The average Bonchev–Trinajstić information content (AvgIpc) is 2.72. The maximum absolute atomic E-state index is 12.0. The zero-order chi connectivity index (χ0) is 22.2. The number of amides is 1. The quantitative estimate of drug-likeness (QED) is 0.134. The van der Waals surface area contributed by atoms with Gasteiger partial charge in [-0.2, -0.15) is 5.10 Å². The molecule has 160 valence electrons. The number of aryl methyl sites for hydroxylation is 2. The normalized spacial score (nSPS) is 11.0. The first-order chi connectivity index (χ1) is 14.9. The molecule has 1 heterocycles. The van der Waals surface area contributed by atoms with Crippen molar-refractivity contribution >= 4 is 58.1 Å². The summed E-state index contributed by atoms with van der Waals surface area (Å²) in [5, 5.41) is 5.29. The summed E-state index contributed by atoms with van der Waals surface area (Å²) in [7, 11) is 0. The van der Waals surface area contributed by atoms with Gasteiger partial charge in [-0.15, -0.1) is 0 Å². The number of hydrogen-bond donors (Lipinski definition) is 1. The number of nitrogens with zero attached hydrogens (tertiary/aromatic N) is 3. The lowest BCUT2D eigenvalue weighted by molar-refractivity contribution is -0.118. The van der Waals surface area contributed by atoms with Gasteiger partial charge in [-0.3, -0.25) is 4.79 Å². The summed E-state index contributed by atoms with van der Waals surface area (Å²) >= 11 is 9.65. The molecule has 2 aromatic carbocycles. The molecule has 6 nitrogen and oxygen atoms in total. The Morgan fingerprint density at radius 2 is 1.94 bits per heavy atom. The van der Waals surface area contributed by atoms with Gasteiger partial charge in [0.25, 0.3) is 5.91 Å². The van der Waals surface area contributed by atoms with E-state index in [0.717, 1.165) is 31.8 Å². The first kappa shape index (κ1) is 23.5. The van der Waals surface area contributed by atoms with Gasteiger partial charge in [-0.25, -0.2) is 15.4 Å². The molecule has 0 unspecified atom stereocenters. The van der Waals surface area contributed by atoms with E-state index in [2.05, 4.69) is 43.1 Å². The van der Waals surface area contributed by atoms with Gasteiger partial charge in [0.1, 0.15) is 12.4 Å². The van der Waals surface area contributed by atoms with E-state index in [0.29, 0.717) is 16.8 Å². The molecule has 0 saturated carbocycles. The summed E-state index contributed by atoms with van der Waals surface area (Å²) in [6.07, 6.45) is 1.59. The number of aromatic nitrogens is 2. The summed E-state index contributed by atoms with van der Waals surface area (Å²) in [6.45, 7) is 4.19. The Labute approximate surface area is 204 Å². The van der Waals surface area contributed by atoms with Gasteiger partial charge in [-0.1, -0.05) is 41.6 Å². The summed E-state index contributed by atoms with van der Waals surface area (Å²) in [5.41, 5.74) is 6.05. The fourth-order valence-corrected chi connectivity index (χ4v) is 4.21. The minimum absolute atomic E-state index is 0.187. The molecule has 0 aliphatic carbocycles. The minimum atomic E-state index is -0.224. The molecule has 0 bridgehead atoms. The van der Waals surface area contributed by atoms with Crippen LogP contribution in [-0.4, -0.2) is 27.8 Å². The third kappa shape index (κ3) is 7.48. The Kier molecular flexibility index (Phi) is 8.68. The molecule has 31 heavy (non-hydrogen) atoms. The van der Waals surface area contributed by atoms with E-state index in [1.165, 1.54) is 11.8 Å². The van der Waals surface area contributed by atoms with Crippen LogP contribution >= 0.6 is 46.0 Å². The Balaban J connectivity index is 1.49. The minimum Gasteiger partial charge on any atom is -0.488 e. The summed E-state index contributed by atoms with van der Waals surface area (Å²) < 4.78 is 6.80. The van der Waals surface area contributed by atoms with E-state index in [1.807, 2.05) is 62.4 Å². The van der Waals surface area contributed by atoms with E-state index in [9.17, 15) is 4.79 Å². The van der Waals surface area contributed by atoms with Crippen molar-refractivity contribution < 1.29 is 9.53 Å². The van der Waals surface area contributed by atoms with Crippen LogP contribution in [0.5, 0.6) is 5.75 Å². The largest absolute Gasteiger partial charge is 0.488 e. The number of carbonyl (C=O) groups is 1. The average molecular weight is 567 g/mol. The number of carbonyl (C=O) groups excluding carboxylic acids is 1. The van der Waals surface area contributed by atoms with Gasteiger partial charge in [0.05, 0.1) is 15.5 Å². The summed E-state index contributed by atoms with van der Waals surface area (Å²) in [6, 6.07) is 15.2. The molecule has 1 amide bonds. The highest BCUT2D eigenvalue weighted by Crippen LogP contribution is 2.24. The number of rotatable bonds is 8. The van der Waals surface area contributed by atoms with Gasteiger partial charge in [0.15, 0.2) is 5.16 Å². The van der Waals surface area contributed by atoms with Gasteiger partial charge in [0.2, 0.25) is 0 Å². The molecule has 0 fully saturated rings. The highest BCUT2D eigenvalue weighted by atomic mass is 127. The highest BCUT2D eigenvalue weighted by Gasteiger charge is 2.07. The van der Waals surface area contributed by atoms with Crippen LogP contribution in [0.15, 0.2) is 58.8 Å². The number of benzene rings is 2. The fourth-order valence-electron chi connectivity index (χ4n) is 2.58. The molecule has 0 saturated heterocycles. The van der Waals surface area contributed by atoms with Gasteiger partial charge in [0, 0.05) is 22.0 Å². The third-order valence-corrected chi connectivity index (χ3v) is 6.05. The lowest BCUT2D eigenvalue weighted by atomic mass is 10.2. The summed E-state index contributed by atoms with van der Waals surface area (Å²) in [5.74, 6) is 0.719. The SMILES string of the molecule is Cc1cc(C)nc(SCC(=O)N/N=C\c2ccc(OCc3ccccc3Cl)c(I)c2)n1. The number of nitrogens with one attached hydrogen (secondary N) is 1. The molecule has 9 heteroatoms. The second-order valence-corrected chi connectivity index (χ2v) is 9.10. The summed E-state index contributed by atoms with van der Waals surface area (Å²) in [4.78, 5) is 20.6. The van der Waals surface area contributed by atoms with Gasteiger partial charge < -0.3 is 4.74 Å². The topological polar surface area (TPSA) is 76.5 Å². The maximum Gasteiger partial charge on any atom is 0.250 e. The fraction of sp³-hybridized carbons (Fsp3) is 0.182. The van der Waals surface area contributed by atoms with Crippen molar-refractivity contribution in [3.63, 3.8) is 0 Å². The Morgan fingerprint density at radius 3 is 2.65 bits per heavy atom. The molecule has 0 spiro atoms. The zero-order valence-electron chi connectivity index (χ0n) is 16.9. The molecule has 1 N–H and O–H groups in total. The second-order valence-electron chi connectivity index (χ2n) is 6.59. The van der Waals surface area contributed by atoms with Crippen molar-refractivity contribution in [3.8, 4) is 5.75 Å². The molecule has 0 radical (unpaired) electrons. The van der Waals surface area contributed by atoms with Crippen molar-refractivity contribution in [2.45, 2.75) is 25.6 Å². The molecule has 3 rings (SSSR count). The van der Waals surface area contributed by atoms with E-state index >= 15 is 0 Å². The number of hydrazone groups is 1. The Bertz CT molecular complexity index is 1090. The molecular weight excluding hydrogens is 547 g/mol. The van der Waals surface area contributed by atoms with Crippen molar-refractivity contribution in [3.05, 3.63) is 79.6 Å². The second kappa shape index (κ2) is 11.4. The number of hydrogen-bond acceptors (Lipinski definition) is 6. The predicted molar refractivity (Wildman–Crippen MR) is 133 cm³/mol. The van der Waals surface area contributed by atoms with Crippen LogP contribution in [0.4, 0.5) is 0 Å². The number of thioether (sulfide) groups is 1. The van der Waals surface area contributed by atoms with E-state index in [4.69, 9.17) is 16.3 Å². The van der Waals surface area contributed by atoms with E-state index in [1.54, 1.807) is 6.21 Å². The first-order valence-electron chi connectivity index (χ1n) is 9.33. The standard InChI is InChI=1S/C22H20ClIN4O2S/c1-14-9-15(2)27-22(26-14)31-13-21(29)28-25-11-16-7-8-20(19(24)10-16)30-12-17-5-3-4-6-18(17)23/h3-11H,12-13H2,1-2H3,(H,28,29)/b25-11-. The monoisotopic (exact) mass is 566 g/mol. The molecule has 1 aromatic heterocycles. The van der Waals surface area contributed by atoms with Crippen LogP contribution < -0.4 is 10.2 Å². The molecule has 3 aromatic rings. The first-order valence-corrected chi connectivity index (χ1v) is 11.8. The Hall–Kier alpha value is -2.17. The van der Waals surface area contributed by atoms with Crippen LogP contribution in [0.1, 0.15) is 22.5 Å². The van der Waals surface area contributed by atoms with Crippen LogP contribution in [0.3, 0.4) is 0 Å². The predicted octanol–water partition coefficient (Wildman–Crippen LogP) is 5.17.